The SMILES string of the molecule is CC(C)N(C)CCN(C)S. The number of nitrogens with zero attached hydrogens (tertiary/aromatic N) is 2. The first-order valence-corrected chi connectivity index (χ1v) is 4.04. The van der Waals surface area contributed by atoms with Crippen molar-refractivity contribution in [2.75, 3.05) is 27.2 Å². The zero-order chi connectivity index (χ0) is 8.15. The first-order chi connectivity index (χ1) is 4.54. The van der Waals surface area contributed by atoms with Crippen LogP contribution in [-0.2, 0) is 0 Å². The van der Waals surface area contributed by atoms with Crippen LogP contribution >= 0.6 is 12.8 Å². The number of hydrogen-bond acceptors (Lipinski definition) is 3. The summed E-state index contributed by atoms with van der Waals surface area (Å²) >= 11 is 4.15. The van der Waals surface area contributed by atoms with Crippen LogP contribution < -0.4 is 0 Å². The predicted molar refractivity (Wildman–Crippen MR) is 49.4 cm³/mol. The van der Waals surface area contributed by atoms with Gasteiger partial charge in [0.05, 0.1) is 0 Å². The molecule has 0 aromatic carbocycles. The maximum atomic E-state index is 4.15. The molecule has 0 fully saturated rings. The molecule has 0 atom stereocenters. The molecule has 0 saturated heterocycles. The van der Waals surface area contributed by atoms with Crippen molar-refractivity contribution in [1.82, 2.24) is 9.21 Å². The van der Waals surface area contributed by atoms with Crippen molar-refractivity contribution < 1.29 is 0 Å². The molecule has 0 aromatic rings. The summed E-state index contributed by atoms with van der Waals surface area (Å²) in [5.74, 6) is 0. The van der Waals surface area contributed by atoms with E-state index in [1.165, 1.54) is 0 Å². The zero-order valence-corrected chi connectivity index (χ0v) is 8.23. The second-order valence-corrected chi connectivity index (χ2v) is 3.64. The smallest absolute Gasteiger partial charge is 0.0212 e. The van der Waals surface area contributed by atoms with Gasteiger partial charge in [0.1, 0.15) is 0 Å². The van der Waals surface area contributed by atoms with Gasteiger partial charge in [0, 0.05) is 19.1 Å². The summed E-state index contributed by atoms with van der Waals surface area (Å²) in [7, 11) is 4.10. The lowest BCUT2D eigenvalue weighted by atomic mass is 10.3. The Bertz CT molecular complexity index is 83.7. The van der Waals surface area contributed by atoms with Crippen LogP contribution in [-0.4, -0.2) is 42.4 Å². The Morgan fingerprint density at radius 3 is 2.00 bits per heavy atom. The molecule has 0 bridgehead atoms. The third-order valence-corrected chi connectivity index (χ3v) is 1.86. The van der Waals surface area contributed by atoms with E-state index in [9.17, 15) is 0 Å². The van der Waals surface area contributed by atoms with Crippen LogP contribution in [0.1, 0.15) is 13.8 Å². The van der Waals surface area contributed by atoms with Crippen molar-refractivity contribution in [3.63, 3.8) is 0 Å². The second-order valence-electron chi connectivity index (χ2n) is 2.96. The molecule has 0 aliphatic rings. The lowest BCUT2D eigenvalue weighted by Gasteiger charge is -2.22. The van der Waals surface area contributed by atoms with Crippen molar-refractivity contribution in [2.45, 2.75) is 19.9 Å². The van der Waals surface area contributed by atoms with Crippen molar-refractivity contribution in [1.29, 1.82) is 0 Å². The Balaban J connectivity index is 3.30. The van der Waals surface area contributed by atoms with E-state index in [4.69, 9.17) is 0 Å². The van der Waals surface area contributed by atoms with Crippen LogP contribution in [0.3, 0.4) is 0 Å². The fourth-order valence-electron chi connectivity index (χ4n) is 0.561. The number of likely N-dealkylation sites (N-methyl/N-ethyl adjacent to an activating group) is 2. The van der Waals surface area contributed by atoms with Gasteiger partial charge < -0.3 is 4.90 Å². The zero-order valence-electron chi connectivity index (χ0n) is 7.33. The summed E-state index contributed by atoms with van der Waals surface area (Å²) in [6, 6.07) is 0.633. The number of thiol groups is 1. The fraction of sp³-hybridized carbons (Fsp3) is 1.00. The summed E-state index contributed by atoms with van der Waals surface area (Å²) in [5, 5.41) is 0. The van der Waals surface area contributed by atoms with Crippen molar-refractivity contribution >= 4 is 12.8 Å². The molecule has 0 amide bonds. The van der Waals surface area contributed by atoms with Gasteiger partial charge in [-0.25, -0.2) is 0 Å². The molecule has 10 heavy (non-hydrogen) atoms. The van der Waals surface area contributed by atoms with Crippen LogP contribution in [0.15, 0.2) is 0 Å². The lowest BCUT2D eigenvalue weighted by Crippen LogP contribution is -2.32. The normalized spacial score (nSPS) is 12.0. The lowest BCUT2D eigenvalue weighted by molar-refractivity contribution is 0.262. The van der Waals surface area contributed by atoms with Crippen LogP contribution in [0.5, 0.6) is 0 Å². The molecule has 0 heterocycles. The summed E-state index contributed by atoms with van der Waals surface area (Å²) in [6.07, 6.45) is 0. The third-order valence-electron chi connectivity index (χ3n) is 1.66. The number of rotatable bonds is 4. The maximum absolute atomic E-state index is 4.15. The van der Waals surface area contributed by atoms with Gasteiger partial charge >= 0.3 is 0 Å². The van der Waals surface area contributed by atoms with E-state index in [1.807, 2.05) is 11.4 Å². The first-order valence-electron chi connectivity index (χ1n) is 3.64. The third kappa shape index (κ3) is 5.09. The quantitative estimate of drug-likeness (QED) is 0.619. The van der Waals surface area contributed by atoms with E-state index in [0.29, 0.717) is 6.04 Å². The van der Waals surface area contributed by atoms with Crippen LogP contribution in [0.2, 0.25) is 0 Å². The number of hydrogen-bond donors (Lipinski definition) is 1. The van der Waals surface area contributed by atoms with Crippen molar-refractivity contribution in [3.05, 3.63) is 0 Å². The Kier molecular flexibility index (Phi) is 5.13. The fourth-order valence-corrected chi connectivity index (χ4v) is 0.650. The molecule has 0 unspecified atom stereocenters. The highest BCUT2D eigenvalue weighted by molar-refractivity contribution is 7.77. The van der Waals surface area contributed by atoms with E-state index in [1.54, 1.807) is 0 Å². The van der Waals surface area contributed by atoms with Gasteiger partial charge in [0.2, 0.25) is 0 Å². The average Bonchev–Trinajstić information content (AvgIpc) is 1.82. The molecule has 0 radical (unpaired) electrons. The van der Waals surface area contributed by atoms with Gasteiger partial charge in [-0.3, -0.25) is 4.31 Å². The maximum Gasteiger partial charge on any atom is 0.0212 e. The van der Waals surface area contributed by atoms with Crippen molar-refractivity contribution in [3.8, 4) is 0 Å². The van der Waals surface area contributed by atoms with E-state index in [-0.39, 0.29) is 0 Å². The van der Waals surface area contributed by atoms with Gasteiger partial charge in [0.25, 0.3) is 0 Å². The van der Waals surface area contributed by atoms with Gasteiger partial charge in [0.15, 0.2) is 0 Å². The molecular weight excluding hydrogens is 144 g/mol. The van der Waals surface area contributed by atoms with E-state index >= 15 is 0 Å². The highest BCUT2D eigenvalue weighted by Crippen LogP contribution is 1.94. The van der Waals surface area contributed by atoms with E-state index < -0.39 is 0 Å². The van der Waals surface area contributed by atoms with Gasteiger partial charge in [-0.15, -0.1) is 0 Å². The first kappa shape index (κ1) is 10.3. The highest BCUT2D eigenvalue weighted by atomic mass is 32.1. The Morgan fingerprint density at radius 1 is 1.20 bits per heavy atom. The van der Waals surface area contributed by atoms with E-state index in [2.05, 4.69) is 38.6 Å². The average molecular weight is 162 g/mol. The summed E-state index contributed by atoms with van der Waals surface area (Å²) < 4.78 is 1.90. The molecule has 0 spiro atoms. The minimum absolute atomic E-state index is 0.633. The molecule has 2 nitrogen and oxygen atoms in total. The second kappa shape index (κ2) is 4.99. The molecule has 0 aliphatic heterocycles. The summed E-state index contributed by atoms with van der Waals surface area (Å²) in [6.45, 7) is 6.48. The van der Waals surface area contributed by atoms with E-state index in [0.717, 1.165) is 13.1 Å². The summed E-state index contributed by atoms with van der Waals surface area (Å²) in [4.78, 5) is 2.30. The highest BCUT2D eigenvalue weighted by Gasteiger charge is 2.01. The largest absolute Gasteiger partial charge is 0.303 e. The molecule has 0 saturated carbocycles. The van der Waals surface area contributed by atoms with Gasteiger partial charge in [-0.05, 0) is 27.9 Å². The van der Waals surface area contributed by atoms with Crippen LogP contribution in [0.4, 0.5) is 0 Å². The van der Waals surface area contributed by atoms with Gasteiger partial charge in [-0.2, -0.15) is 0 Å². The standard InChI is InChI=1S/C7H18N2S/c1-7(2)8(3)5-6-9(4)10/h7,10H,5-6H2,1-4H3. The van der Waals surface area contributed by atoms with Crippen molar-refractivity contribution in [2.24, 2.45) is 0 Å². The van der Waals surface area contributed by atoms with Crippen LogP contribution in [0.25, 0.3) is 0 Å². The minimum Gasteiger partial charge on any atom is -0.303 e. The molecule has 0 aromatic heterocycles. The molecule has 0 rings (SSSR count). The minimum atomic E-state index is 0.633. The van der Waals surface area contributed by atoms with Crippen LogP contribution in [0, 0.1) is 0 Å². The summed E-state index contributed by atoms with van der Waals surface area (Å²) in [5.41, 5.74) is 0. The molecular formula is C7H18N2S. The monoisotopic (exact) mass is 162 g/mol. The molecule has 3 heteroatoms. The van der Waals surface area contributed by atoms with Gasteiger partial charge in [-0.1, -0.05) is 12.8 Å². The molecule has 62 valence electrons. The Labute approximate surface area is 69.7 Å². The molecule has 0 N–H and O–H groups in total. The Hall–Kier alpha value is 0.270. The predicted octanol–water partition coefficient (Wildman–Crippen LogP) is 1.10. The Morgan fingerprint density at radius 2 is 1.70 bits per heavy atom. The topological polar surface area (TPSA) is 6.48 Å². The molecule has 0 aliphatic carbocycles.